The van der Waals surface area contributed by atoms with Crippen LogP contribution < -0.4 is 5.32 Å². The standard InChI is InChI=1S/C6H8N2/c7-3-6-1-5(2-6)8-4-6/h5,8H,1-2,4H2. The van der Waals surface area contributed by atoms with Gasteiger partial charge in [-0.3, -0.25) is 0 Å². The summed E-state index contributed by atoms with van der Waals surface area (Å²) in [4.78, 5) is 0. The molecular weight excluding hydrogens is 100 g/mol. The summed E-state index contributed by atoms with van der Waals surface area (Å²) in [6.45, 7) is 0.939. The number of hydrogen-bond donors (Lipinski definition) is 1. The smallest absolute Gasteiger partial charge is 0.0727 e. The van der Waals surface area contributed by atoms with Crippen molar-refractivity contribution in [3.8, 4) is 6.07 Å². The predicted octanol–water partition coefficient (Wildman–Crippen LogP) is 0.262. The fourth-order valence-electron chi connectivity index (χ4n) is 1.64. The Bertz CT molecular complexity index is 145. The third kappa shape index (κ3) is 0.317. The van der Waals surface area contributed by atoms with Crippen LogP contribution in [0.15, 0.2) is 0 Å². The van der Waals surface area contributed by atoms with Crippen molar-refractivity contribution in [1.29, 1.82) is 5.26 Å². The lowest BCUT2D eigenvalue weighted by atomic mass is 9.72. The summed E-state index contributed by atoms with van der Waals surface area (Å²) in [6, 6.07) is 3.03. The minimum absolute atomic E-state index is 0.0741. The molecule has 0 aromatic carbocycles. The summed E-state index contributed by atoms with van der Waals surface area (Å²) in [5.74, 6) is 0. The van der Waals surface area contributed by atoms with Gasteiger partial charge in [0.15, 0.2) is 0 Å². The largest absolute Gasteiger partial charge is 0.312 e. The Hall–Kier alpha value is -0.550. The van der Waals surface area contributed by atoms with Crippen molar-refractivity contribution >= 4 is 0 Å². The Labute approximate surface area is 48.5 Å². The molecule has 0 atom stereocenters. The number of nitrogens with zero attached hydrogens (tertiary/aromatic N) is 1. The van der Waals surface area contributed by atoms with Crippen LogP contribution in [0.3, 0.4) is 0 Å². The fourth-order valence-corrected chi connectivity index (χ4v) is 1.64. The molecule has 2 nitrogen and oxygen atoms in total. The predicted molar refractivity (Wildman–Crippen MR) is 29.1 cm³/mol. The highest BCUT2D eigenvalue weighted by Crippen LogP contribution is 2.45. The summed E-state index contributed by atoms with van der Waals surface area (Å²) < 4.78 is 0. The van der Waals surface area contributed by atoms with E-state index >= 15 is 0 Å². The molecule has 0 aromatic rings. The fraction of sp³-hybridized carbons (Fsp3) is 0.833. The zero-order valence-corrected chi connectivity index (χ0v) is 4.65. The molecule has 1 saturated carbocycles. The van der Waals surface area contributed by atoms with Gasteiger partial charge < -0.3 is 5.32 Å². The molecule has 2 heterocycles. The molecule has 0 spiro atoms. The maximum absolute atomic E-state index is 8.57. The number of rotatable bonds is 0. The van der Waals surface area contributed by atoms with Gasteiger partial charge in [0.1, 0.15) is 0 Å². The SMILES string of the molecule is N#CC12CNC(C1)C2. The number of nitriles is 1. The number of nitrogens with one attached hydrogen (secondary N) is 1. The molecule has 3 aliphatic rings. The first-order chi connectivity index (χ1) is 3.85. The zero-order chi connectivity index (χ0) is 5.61. The summed E-state index contributed by atoms with van der Waals surface area (Å²) in [6.07, 6.45) is 2.20. The highest BCUT2D eigenvalue weighted by atomic mass is 15.0. The van der Waals surface area contributed by atoms with E-state index in [-0.39, 0.29) is 5.41 Å². The molecule has 0 amide bonds. The molecule has 8 heavy (non-hydrogen) atoms. The Morgan fingerprint density at radius 1 is 1.62 bits per heavy atom. The second-order valence-electron chi connectivity index (χ2n) is 2.88. The Morgan fingerprint density at radius 2 is 2.38 bits per heavy atom. The first kappa shape index (κ1) is 4.34. The van der Waals surface area contributed by atoms with Crippen LogP contribution in [0, 0.1) is 16.7 Å². The maximum Gasteiger partial charge on any atom is 0.0727 e. The van der Waals surface area contributed by atoms with Crippen molar-refractivity contribution in [3.05, 3.63) is 0 Å². The lowest BCUT2D eigenvalue weighted by Crippen LogP contribution is -2.32. The van der Waals surface area contributed by atoms with Crippen LogP contribution in [0.25, 0.3) is 0 Å². The molecule has 0 radical (unpaired) electrons. The maximum atomic E-state index is 8.57. The first-order valence-corrected chi connectivity index (χ1v) is 2.99. The zero-order valence-electron chi connectivity index (χ0n) is 4.65. The van der Waals surface area contributed by atoms with Crippen molar-refractivity contribution < 1.29 is 0 Å². The van der Waals surface area contributed by atoms with Crippen molar-refractivity contribution in [3.63, 3.8) is 0 Å². The van der Waals surface area contributed by atoms with E-state index in [9.17, 15) is 0 Å². The minimum Gasteiger partial charge on any atom is -0.312 e. The van der Waals surface area contributed by atoms with Crippen LogP contribution in [0.1, 0.15) is 12.8 Å². The molecule has 1 aliphatic carbocycles. The van der Waals surface area contributed by atoms with E-state index in [4.69, 9.17) is 5.26 Å². The van der Waals surface area contributed by atoms with Crippen LogP contribution in [0.5, 0.6) is 0 Å². The highest BCUT2D eigenvalue weighted by Gasteiger charge is 2.50. The van der Waals surface area contributed by atoms with Crippen LogP contribution in [0.4, 0.5) is 0 Å². The quantitative estimate of drug-likeness (QED) is 0.483. The first-order valence-electron chi connectivity index (χ1n) is 2.99. The van der Waals surface area contributed by atoms with Crippen molar-refractivity contribution in [2.24, 2.45) is 5.41 Å². The van der Waals surface area contributed by atoms with E-state index in [1.165, 1.54) is 0 Å². The summed E-state index contributed by atoms with van der Waals surface area (Å²) in [5, 5.41) is 11.8. The Kier molecular flexibility index (Phi) is 0.575. The van der Waals surface area contributed by atoms with Crippen molar-refractivity contribution in [1.82, 2.24) is 5.32 Å². The lowest BCUT2D eigenvalue weighted by molar-refractivity contribution is 0.280. The lowest BCUT2D eigenvalue weighted by Gasteiger charge is -2.29. The van der Waals surface area contributed by atoms with Gasteiger partial charge in [0.25, 0.3) is 0 Å². The molecule has 3 rings (SSSR count). The number of fused-ring (bicyclic) bond motifs is 1. The average molecular weight is 108 g/mol. The van der Waals surface area contributed by atoms with Gasteiger partial charge in [-0.1, -0.05) is 0 Å². The Morgan fingerprint density at radius 3 is 2.62 bits per heavy atom. The van der Waals surface area contributed by atoms with Gasteiger partial charge in [0.2, 0.25) is 0 Å². The monoisotopic (exact) mass is 108 g/mol. The van der Waals surface area contributed by atoms with Crippen molar-refractivity contribution in [2.45, 2.75) is 18.9 Å². The average Bonchev–Trinajstić information content (AvgIpc) is 2.17. The summed E-state index contributed by atoms with van der Waals surface area (Å²) in [7, 11) is 0. The normalized spacial score (nSPS) is 50.1. The van der Waals surface area contributed by atoms with Gasteiger partial charge in [-0.25, -0.2) is 0 Å². The topological polar surface area (TPSA) is 35.8 Å². The van der Waals surface area contributed by atoms with E-state index in [1.807, 2.05) is 0 Å². The molecule has 2 bridgehead atoms. The minimum atomic E-state index is 0.0741. The van der Waals surface area contributed by atoms with E-state index in [2.05, 4.69) is 11.4 Å². The van der Waals surface area contributed by atoms with Gasteiger partial charge in [-0.15, -0.1) is 0 Å². The van der Waals surface area contributed by atoms with Gasteiger partial charge in [0, 0.05) is 12.6 Å². The highest BCUT2D eigenvalue weighted by molar-refractivity contribution is 5.17. The van der Waals surface area contributed by atoms with E-state index in [1.54, 1.807) is 0 Å². The van der Waals surface area contributed by atoms with Gasteiger partial charge in [-0.2, -0.15) is 5.26 Å². The molecule has 2 heteroatoms. The Balaban J connectivity index is 2.23. The van der Waals surface area contributed by atoms with E-state index in [0.29, 0.717) is 6.04 Å². The molecule has 0 aromatic heterocycles. The van der Waals surface area contributed by atoms with Crippen LogP contribution >= 0.6 is 0 Å². The molecule has 2 aliphatic heterocycles. The third-order valence-electron chi connectivity index (χ3n) is 2.24. The van der Waals surface area contributed by atoms with Gasteiger partial charge in [0.05, 0.1) is 11.5 Å². The molecule has 0 unspecified atom stereocenters. The molecule has 1 N–H and O–H groups in total. The van der Waals surface area contributed by atoms with Crippen LogP contribution in [-0.2, 0) is 0 Å². The van der Waals surface area contributed by atoms with Gasteiger partial charge >= 0.3 is 0 Å². The number of hydrogen-bond acceptors (Lipinski definition) is 2. The molecule has 3 fully saturated rings. The summed E-state index contributed by atoms with van der Waals surface area (Å²) >= 11 is 0. The van der Waals surface area contributed by atoms with Crippen molar-refractivity contribution in [2.75, 3.05) is 6.54 Å². The molecular formula is C6H8N2. The van der Waals surface area contributed by atoms with Crippen LogP contribution in [0.2, 0.25) is 0 Å². The van der Waals surface area contributed by atoms with Crippen LogP contribution in [-0.4, -0.2) is 12.6 Å². The second kappa shape index (κ2) is 1.06. The molecule has 42 valence electrons. The third-order valence-corrected chi connectivity index (χ3v) is 2.24. The van der Waals surface area contributed by atoms with E-state index in [0.717, 1.165) is 19.4 Å². The molecule has 2 saturated heterocycles. The van der Waals surface area contributed by atoms with E-state index < -0.39 is 0 Å². The second-order valence-corrected chi connectivity index (χ2v) is 2.88. The summed E-state index contributed by atoms with van der Waals surface area (Å²) in [5.41, 5.74) is 0.0741. The van der Waals surface area contributed by atoms with Gasteiger partial charge in [-0.05, 0) is 12.8 Å².